The van der Waals surface area contributed by atoms with Crippen LogP contribution in [-0.2, 0) is 5.75 Å². The lowest BCUT2D eigenvalue weighted by Crippen LogP contribution is -2.52. The van der Waals surface area contributed by atoms with Gasteiger partial charge in [0, 0.05) is 5.75 Å². The van der Waals surface area contributed by atoms with E-state index >= 15 is 0 Å². The van der Waals surface area contributed by atoms with Gasteiger partial charge in [0.1, 0.15) is 3.94 Å². The van der Waals surface area contributed by atoms with Gasteiger partial charge < -0.3 is 0 Å². The Balaban J connectivity index is 2.18. The molecule has 1 aliphatic heterocycles. The third-order valence-corrected chi connectivity index (χ3v) is 28.5. The van der Waals surface area contributed by atoms with Gasteiger partial charge in [-0.15, -0.1) is 11.8 Å². The van der Waals surface area contributed by atoms with Crippen molar-refractivity contribution in [2.24, 2.45) is 0 Å². The minimum Gasteiger partial charge on any atom is -0.282 e. The van der Waals surface area contributed by atoms with E-state index < -0.39 is 16.1 Å². The van der Waals surface area contributed by atoms with Crippen LogP contribution in [0.2, 0.25) is 39.3 Å². The average molecular weight is 402 g/mol. The smallest absolute Gasteiger partial charge is 0.146 e. The summed E-state index contributed by atoms with van der Waals surface area (Å²) in [4.78, 5) is 3.55. The summed E-state index contributed by atoms with van der Waals surface area (Å²) >= 11 is 4.48. The topological polar surface area (TPSA) is 3.24 Å². The second-order valence-electron chi connectivity index (χ2n) is 8.77. The standard InChI is InChI=1S/C17H32NPS2Si2/c1-18(2)17(20-14-15-12-10-9-11-13-15)19(21-17)16(22(3,4)5)23(6,7)8/h9-13,16H,14H2,1-8H3. The highest BCUT2D eigenvalue weighted by Gasteiger charge is 2.65. The van der Waals surface area contributed by atoms with E-state index in [0.29, 0.717) is 3.94 Å². The minimum absolute atomic E-state index is 0.0556. The van der Waals surface area contributed by atoms with Gasteiger partial charge in [-0.25, -0.2) is 0 Å². The molecule has 0 spiro atoms. The number of rotatable bonds is 7. The summed E-state index contributed by atoms with van der Waals surface area (Å²) in [6.45, 7) is 15.6. The van der Waals surface area contributed by atoms with E-state index in [9.17, 15) is 0 Å². The minimum atomic E-state index is -1.14. The molecular formula is C17H32NPS2Si2. The summed E-state index contributed by atoms with van der Waals surface area (Å²) in [7, 11) is 2.36. The zero-order valence-electron chi connectivity index (χ0n) is 15.9. The number of thioether (sulfide) groups is 1. The zero-order valence-corrected chi connectivity index (χ0v) is 20.4. The Kier molecular flexibility index (Phi) is 6.25. The predicted octanol–water partition coefficient (Wildman–Crippen LogP) is 6.36. The maximum atomic E-state index is 2.60. The van der Waals surface area contributed by atoms with Crippen molar-refractivity contribution >= 4 is 46.4 Å². The number of nitrogens with zero attached hydrogens (tertiary/aromatic N) is 1. The lowest BCUT2D eigenvalue weighted by Gasteiger charge is -2.40. The molecule has 1 heterocycles. The van der Waals surface area contributed by atoms with Gasteiger partial charge in [-0.05, 0) is 31.7 Å². The van der Waals surface area contributed by atoms with Crippen LogP contribution >= 0.6 is 30.3 Å². The number of benzene rings is 1. The molecule has 2 unspecified atom stereocenters. The van der Waals surface area contributed by atoms with E-state index in [1.54, 1.807) is 0 Å². The van der Waals surface area contributed by atoms with Crippen LogP contribution < -0.4 is 0 Å². The normalized spacial score (nSPS) is 25.2. The molecule has 6 heteroatoms. The Morgan fingerprint density at radius 1 is 1.04 bits per heavy atom. The van der Waals surface area contributed by atoms with Crippen LogP contribution in [0.25, 0.3) is 0 Å². The summed E-state index contributed by atoms with van der Waals surface area (Å²) in [5.74, 6) is 1.13. The van der Waals surface area contributed by atoms with Gasteiger partial charge in [0.05, 0.1) is 16.1 Å². The molecule has 0 aromatic heterocycles. The molecule has 1 saturated heterocycles. The highest BCUT2D eigenvalue weighted by Crippen LogP contribution is 2.93. The van der Waals surface area contributed by atoms with Gasteiger partial charge in [-0.3, -0.25) is 4.90 Å². The Hall–Kier alpha value is 0.744. The fraction of sp³-hybridized carbons (Fsp3) is 0.647. The second-order valence-corrected chi connectivity index (χ2v) is 27.3. The van der Waals surface area contributed by atoms with Crippen molar-refractivity contribution in [3.8, 4) is 0 Å². The fourth-order valence-electron chi connectivity index (χ4n) is 3.58. The van der Waals surface area contributed by atoms with Crippen LogP contribution in [-0.4, -0.2) is 44.0 Å². The summed E-state index contributed by atoms with van der Waals surface area (Å²) < 4.78 is 0.358. The molecule has 2 rings (SSSR count). The van der Waals surface area contributed by atoms with E-state index in [4.69, 9.17) is 0 Å². The van der Waals surface area contributed by atoms with Crippen LogP contribution in [0.1, 0.15) is 5.56 Å². The number of hydrogen-bond acceptors (Lipinski definition) is 3. The highest BCUT2D eigenvalue weighted by atomic mass is 32.8. The fourth-order valence-corrected chi connectivity index (χ4v) is 36.3. The lowest BCUT2D eigenvalue weighted by atomic mass is 10.2. The lowest BCUT2D eigenvalue weighted by molar-refractivity contribution is 0.441. The molecule has 0 radical (unpaired) electrons. The van der Waals surface area contributed by atoms with Gasteiger partial charge in [-0.1, -0.05) is 81.0 Å². The molecular weight excluding hydrogens is 369 g/mol. The maximum absolute atomic E-state index is 2.60. The van der Waals surface area contributed by atoms with Crippen molar-refractivity contribution in [1.29, 1.82) is 0 Å². The molecule has 0 aliphatic carbocycles. The van der Waals surface area contributed by atoms with Crippen molar-refractivity contribution in [3.05, 3.63) is 35.9 Å². The van der Waals surface area contributed by atoms with Gasteiger partial charge in [-0.2, -0.15) is 0 Å². The molecule has 1 fully saturated rings. The third-order valence-electron chi connectivity index (χ3n) is 4.17. The summed E-state index contributed by atoms with van der Waals surface area (Å²) in [5.41, 5.74) is 1.46. The molecule has 1 aromatic rings. The third kappa shape index (κ3) is 4.68. The van der Waals surface area contributed by atoms with Crippen molar-refractivity contribution in [1.82, 2.24) is 4.90 Å². The Labute approximate surface area is 154 Å². The molecule has 1 aromatic carbocycles. The van der Waals surface area contributed by atoms with Crippen molar-refractivity contribution in [2.75, 3.05) is 14.1 Å². The second kappa shape index (κ2) is 7.16. The summed E-state index contributed by atoms with van der Waals surface area (Å²) in [6.07, 6.45) is 0. The molecule has 0 N–H and O–H groups in total. The van der Waals surface area contributed by atoms with E-state index in [0.717, 1.165) is 10.7 Å². The average Bonchev–Trinajstić information content (AvgIpc) is 3.09. The van der Waals surface area contributed by atoms with Crippen LogP contribution in [0.4, 0.5) is 0 Å². The largest absolute Gasteiger partial charge is 0.282 e. The first-order valence-electron chi connectivity index (χ1n) is 8.32. The Morgan fingerprint density at radius 2 is 1.57 bits per heavy atom. The van der Waals surface area contributed by atoms with Gasteiger partial charge in [0.15, 0.2) is 0 Å². The quantitative estimate of drug-likeness (QED) is 0.226. The van der Waals surface area contributed by atoms with Crippen LogP contribution in [0.5, 0.6) is 0 Å². The van der Waals surface area contributed by atoms with E-state index in [1.165, 1.54) is 5.56 Å². The van der Waals surface area contributed by atoms with E-state index in [2.05, 4.69) is 112 Å². The Morgan fingerprint density at radius 3 is 2.00 bits per heavy atom. The summed E-state index contributed by atoms with van der Waals surface area (Å²) in [6, 6.07) is 11.0. The molecule has 1 nitrogen and oxygen atoms in total. The van der Waals surface area contributed by atoms with Crippen LogP contribution in [0.15, 0.2) is 30.3 Å². The molecule has 0 saturated carbocycles. The van der Waals surface area contributed by atoms with Crippen molar-refractivity contribution in [3.63, 3.8) is 0 Å². The summed E-state index contributed by atoms with van der Waals surface area (Å²) in [5, 5.41) is 0. The van der Waals surface area contributed by atoms with Crippen LogP contribution in [0.3, 0.4) is 0 Å². The molecule has 2 atom stereocenters. The predicted molar refractivity (Wildman–Crippen MR) is 119 cm³/mol. The molecule has 0 amide bonds. The molecule has 0 bridgehead atoms. The van der Waals surface area contributed by atoms with Gasteiger partial charge >= 0.3 is 0 Å². The van der Waals surface area contributed by atoms with Crippen LogP contribution in [0, 0.1) is 0 Å². The highest BCUT2D eigenvalue weighted by molar-refractivity contribution is 8.78. The molecule has 1 aliphatic rings. The van der Waals surface area contributed by atoms with E-state index in [-0.39, 0.29) is 7.12 Å². The van der Waals surface area contributed by atoms with Crippen molar-refractivity contribution in [2.45, 2.75) is 53.9 Å². The first kappa shape index (κ1) is 20.1. The molecule has 130 valence electrons. The van der Waals surface area contributed by atoms with E-state index in [1.807, 2.05) is 0 Å². The van der Waals surface area contributed by atoms with Gasteiger partial charge in [0.25, 0.3) is 0 Å². The monoisotopic (exact) mass is 401 g/mol. The maximum Gasteiger partial charge on any atom is 0.146 e. The number of hydrogen-bond donors (Lipinski definition) is 0. The molecule has 23 heavy (non-hydrogen) atoms. The Bertz CT molecular complexity index is 514. The first-order valence-corrected chi connectivity index (χ1v) is 19.3. The van der Waals surface area contributed by atoms with Gasteiger partial charge in [0.2, 0.25) is 0 Å². The first-order chi connectivity index (χ1) is 10.5. The SMILES string of the molecule is CN(C)C1(SCc2ccccc2)SP1C([Si](C)(C)C)[Si](C)(C)C. The zero-order chi connectivity index (χ0) is 17.5. The van der Waals surface area contributed by atoms with Crippen molar-refractivity contribution < 1.29 is 0 Å².